The third kappa shape index (κ3) is 2.67. The Kier molecular flexibility index (Phi) is 3.98. The number of para-hydroxylation sites is 1. The van der Waals surface area contributed by atoms with E-state index in [1.54, 1.807) is 0 Å². The molecular formula is C20H22N2O2. The van der Waals surface area contributed by atoms with Gasteiger partial charge < -0.3 is 9.30 Å². The number of hydrogen-bond donors (Lipinski definition) is 0. The Balaban J connectivity index is 1.66. The maximum atomic E-state index is 12.8. The van der Waals surface area contributed by atoms with Crippen LogP contribution in [0, 0.1) is 0 Å². The van der Waals surface area contributed by atoms with Crippen molar-refractivity contribution in [3.63, 3.8) is 0 Å². The van der Waals surface area contributed by atoms with Gasteiger partial charge in [0.25, 0.3) is 0 Å². The second-order valence-electron chi connectivity index (χ2n) is 6.48. The zero-order valence-electron chi connectivity index (χ0n) is 14.0. The Bertz CT molecular complexity index is 939. The predicted molar refractivity (Wildman–Crippen MR) is 97.9 cm³/mol. The topological polar surface area (TPSA) is 34.5 Å². The van der Waals surface area contributed by atoms with Crippen LogP contribution in [-0.2, 0) is 7.05 Å². The van der Waals surface area contributed by atoms with Gasteiger partial charge in [0.05, 0.1) is 11.0 Å². The molecule has 3 aromatic rings. The molecule has 0 atom stereocenters. The van der Waals surface area contributed by atoms with Crippen molar-refractivity contribution in [3.8, 4) is 5.75 Å². The highest BCUT2D eigenvalue weighted by Gasteiger charge is 2.12. The molecule has 1 fully saturated rings. The van der Waals surface area contributed by atoms with Gasteiger partial charge in [0.2, 0.25) is 0 Å². The summed E-state index contributed by atoms with van der Waals surface area (Å²) in [6.07, 6.45) is 2.58. The van der Waals surface area contributed by atoms with E-state index in [2.05, 4.69) is 9.47 Å². The zero-order chi connectivity index (χ0) is 16.5. The minimum atomic E-state index is 0.0729. The van der Waals surface area contributed by atoms with Gasteiger partial charge in [-0.2, -0.15) is 0 Å². The summed E-state index contributed by atoms with van der Waals surface area (Å²) in [6.45, 7) is 3.97. The van der Waals surface area contributed by atoms with Crippen molar-refractivity contribution in [1.82, 2.24) is 9.47 Å². The fraction of sp³-hybridized carbons (Fsp3) is 0.350. The molecule has 0 unspecified atom stereocenters. The number of ether oxygens (including phenoxy) is 1. The third-order valence-corrected chi connectivity index (χ3v) is 4.96. The first-order valence-electron chi connectivity index (χ1n) is 8.61. The molecule has 0 bridgehead atoms. The first kappa shape index (κ1) is 15.2. The smallest absolute Gasteiger partial charge is 0.197 e. The summed E-state index contributed by atoms with van der Waals surface area (Å²) in [5.74, 6) is 0.772. The summed E-state index contributed by atoms with van der Waals surface area (Å²) in [7, 11) is 2.00. The van der Waals surface area contributed by atoms with Crippen molar-refractivity contribution in [2.75, 3.05) is 26.2 Å². The van der Waals surface area contributed by atoms with E-state index in [-0.39, 0.29) is 5.43 Å². The van der Waals surface area contributed by atoms with Crippen molar-refractivity contribution in [3.05, 3.63) is 52.7 Å². The van der Waals surface area contributed by atoms with Crippen molar-refractivity contribution < 1.29 is 4.74 Å². The zero-order valence-corrected chi connectivity index (χ0v) is 14.0. The standard InChI is InChI=1S/C20H22N2O2/c1-21-18-7-3-2-6-16(18)20(23)17-14-15(8-9-19(17)21)24-13-12-22-10-4-5-11-22/h2-3,6-9,14H,4-5,10-13H2,1H3. The second-order valence-corrected chi connectivity index (χ2v) is 6.48. The van der Waals surface area contributed by atoms with E-state index in [9.17, 15) is 4.79 Å². The molecule has 1 aliphatic heterocycles. The Labute approximate surface area is 141 Å². The van der Waals surface area contributed by atoms with Gasteiger partial charge in [-0.3, -0.25) is 9.69 Å². The normalized spacial score (nSPS) is 15.4. The molecule has 124 valence electrons. The van der Waals surface area contributed by atoms with E-state index < -0.39 is 0 Å². The highest BCUT2D eigenvalue weighted by molar-refractivity contribution is 5.93. The molecule has 0 radical (unpaired) electrons. The number of aryl methyl sites for hydroxylation is 1. The molecule has 1 aliphatic rings. The molecule has 4 heteroatoms. The van der Waals surface area contributed by atoms with Crippen LogP contribution in [0.5, 0.6) is 5.75 Å². The predicted octanol–water partition coefficient (Wildman–Crippen LogP) is 3.17. The van der Waals surface area contributed by atoms with Gasteiger partial charge in [0.15, 0.2) is 5.43 Å². The third-order valence-electron chi connectivity index (χ3n) is 4.96. The molecule has 0 N–H and O–H groups in total. The fourth-order valence-electron chi connectivity index (χ4n) is 3.61. The van der Waals surface area contributed by atoms with E-state index in [1.165, 1.54) is 25.9 Å². The van der Waals surface area contributed by atoms with Gasteiger partial charge >= 0.3 is 0 Å². The van der Waals surface area contributed by atoms with Crippen LogP contribution in [0.1, 0.15) is 12.8 Å². The van der Waals surface area contributed by atoms with Crippen molar-refractivity contribution >= 4 is 21.8 Å². The number of likely N-dealkylation sites (tertiary alicyclic amines) is 1. The minimum Gasteiger partial charge on any atom is -0.492 e. The lowest BCUT2D eigenvalue weighted by molar-refractivity contribution is 0.238. The lowest BCUT2D eigenvalue weighted by Gasteiger charge is -2.15. The molecule has 4 nitrogen and oxygen atoms in total. The van der Waals surface area contributed by atoms with Crippen molar-refractivity contribution in [2.45, 2.75) is 12.8 Å². The van der Waals surface area contributed by atoms with E-state index >= 15 is 0 Å². The molecule has 0 amide bonds. The van der Waals surface area contributed by atoms with E-state index in [0.29, 0.717) is 6.61 Å². The van der Waals surface area contributed by atoms with Gasteiger partial charge in [-0.25, -0.2) is 0 Å². The van der Waals surface area contributed by atoms with Gasteiger partial charge in [-0.05, 0) is 56.3 Å². The van der Waals surface area contributed by atoms with Gasteiger partial charge in [0.1, 0.15) is 12.4 Å². The van der Waals surface area contributed by atoms with E-state index in [4.69, 9.17) is 4.74 Å². The molecule has 2 aromatic carbocycles. The van der Waals surface area contributed by atoms with Crippen LogP contribution >= 0.6 is 0 Å². The summed E-state index contributed by atoms with van der Waals surface area (Å²) in [5, 5.41) is 1.47. The number of aromatic nitrogens is 1. The lowest BCUT2D eigenvalue weighted by Crippen LogP contribution is -2.25. The minimum absolute atomic E-state index is 0.0729. The summed E-state index contributed by atoms with van der Waals surface area (Å²) in [6, 6.07) is 13.6. The molecule has 2 heterocycles. The van der Waals surface area contributed by atoms with Crippen LogP contribution in [-0.4, -0.2) is 35.7 Å². The Morgan fingerprint density at radius 2 is 1.75 bits per heavy atom. The summed E-state index contributed by atoms with van der Waals surface area (Å²) >= 11 is 0. The Morgan fingerprint density at radius 1 is 1.00 bits per heavy atom. The monoisotopic (exact) mass is 322 g/mol. The molecule has 0 saturated carbocycles. The quantitative estimate of drug-likeness (QED) is 0.692. The lowest BCUT2D eigenvalue weighted by atomic mass is 10.1. The maximum Gasteiger partial charge on any atom is 0.197 e. The first-order chi connectivity index (χ1) is 11.7. The molecule has 1 aromatic heterocycles. The number of rotatable bonds is 4. The van der Waals surface area contributed by atoms with Crippen molar-refractivity contribution in [1.29, 1.82) is 0 Å². The number of nitrogens with zero attached hydrogens (tertiary/aromatic N) is 2. The van der Waals surface area contributed by atoms with Crippen LogP contribution in [0.3, 0.4) is 0 Å². The van der Waals surface area contributed by atoms with Gasteiger partial charge in [0, 0.05) is 24.4 Å². The van der Waals surface area contributed by atoms with Crippen LogP contribution in [0.2, 0.25) is 0 Å². The second kappa shape index (κ2) is 6.29. The molecule has 0 aliphatic carbocycles. The largest absolute Gasteiger partial charge is 0.492 e. The molecule has 24 heavy (non-hydrogen) atoms. The molecular weight excluding hydrogens is 300 g/mol. The van der Waals surface area contributed by atoms with E-state index in [1.807, 2.05) is 49.5 Å². The van der Waals surface area contributed by atoms with E-state index in [0.717, 1.165) is 34.1 Å². The summed E-state index contributed by atoms with van der Waals surface area (Å²) in [4.78, 5) is 15.2. The number of hydrogen-bond acceptors (Lipinski definition) is 3. The number of pyridine rings is 1. The molecule has 0 spiro atoms. The first-order valence-corrected chi connectivity index (χ1v) is 8.61. The average Bonchev–Trinajstić information content (AvgIpc) is 3.13. The highest BCUT2D eigenvalue weighted by atomic mass is 16.5. The molecule has 1 saturated heterocycles. The van der Waals surface area contributed by atoms with Crippen LogP contribution in [0.15, 0.2) is 47.3 Å². The average molecular weight is 322 g/mol. The summed E-state index contributed by atoms with van der Waals surface area (Å²) in [5.41, 5.74) is 1.96. The SMILES string of the molecule is Cn1c2ccccc2c(=O)c2cc(OCCN3CCCC3)ccc21. The molecule has 4 rings (SSSR count). The van der Waals surface area contributed by atoms with Crippen LogP contribution in [0.4, 0.5) is 0 Å². The van der Waals surface area contributed by atoms with Crippen molar-refractivity contribution in [2.24, 2.45) is 7.05 Å². The Hall–Kier alpha value is -2.33. The fourth-order valence-corrected chi connectivity index (χ4v) is 3.61. The highest BCUT2D eigenvalue weighted by Crippen LogP contribution is 2.22. The van der Waals surface area contributed by atoms with Crippen LogP contribution < -0.4 is 10.2 Å². The maximum absolute atomic E-state index is 12.8. The van der Waals surface area contributed by atoms with Gasteiger partial charge in [-0.15, -0.1) is 0 Å². The van der Waals surface area contributed by atoms with Gasteiger partial charge in [-0.1, -0.05) is 12.1 Å². The number of fused-ring (bicyclic) bond motifs is 2. The Morgan fingerprint density at radius 3 is 2.58 bits per heavy atom. The van der Waals surface area contributed by atoms with Crippen LogP contribution in [0.25, 0.3) is 21.8 Å². The summed E-state index contributed by atoms with van der Waals surface area (Å²) < 4.78 is 7.96. The number of benzene rings is 2.